The predicted molar refractivity (Wildman–Crippen MR) is 75.9 cm³/mol. The summed E-state index contributed by atoms with van der Waals surface area (Å²) in [6.07, 6.45) is 5.12. The summed E-state index contributed by atoms with van der Waals surface area (Å²) in [5.41, 5.74) is 0.284. The Balaban J connectivity index is 1.82. The highest BCUT2D eigenvalue weighted by molar-refractivity contribution is 5.34. The van der Waals surface area contributed by atoms with Crippen LogP contribution in [0.4, 0.5) is 10.1 Å². The molecule has 0 bridgehead atoms. The summed E-state index contributed by atoms with van der Waals surface area (Å²) in [7, 11) is 0. The van der Waals surface area contributed by atoms with E-state index in [0.717, 1.165) is 18.0 Å². The van der Waals surface area contributed by atoms with Gasteiger partial charge in [0.2, 0.25) is 5.82 Å². The maximum atomic E-state index is 13.5. The summed E-state index contributed by atoms with van der Waals surface area (Å²) in [5, 5.41) is 13.9. The molecule has 4 nitrogen and oxygen atoms in total. The van der Waals surface area contributed by atoms with Crippen molar-refractivity contribution in [1.82, 2.24) is 5.32 Å². The van der Waals surface area contributed by atoms with Crippen LogP contribution in [0, 0.1) is 27.8 Å². The van der Waals surface area contributed by atoms with Crippen LogP contribution >= 0.6 is 0 Å². The van der Waals surface area contributed by atoms with Crippen molar-refractivity contribution in [2.45, 2.75) is 39.2 Å². The van der Waals surface area contributed by atoms with Gasteiger partial charge in [-0.25, -0.2) is 0 Å². The van der Waals surface area contributed by atoms with Crippen molar-refractivity contribution in [3.63, 3.8) is 0 Å². The summed E-state index contributed by atoms with van der Waals surface area (Å²) in [6.45, 7) is 3.78. The second-order valence-electron chi connectivity index (χ2n) is 5.81. The van der Waals surface area contributed by atoms with E-state index in [0.29, 0.717) is 12.5 Å². The zero-order valence-electron chi connectivity index (χ0n) is 11.8. The quantitative estimate of drug-likeness (QED) is 0.661. The van der Waals surface area contributed by atoms with E-state index in [-0.39, 0.29) is 0 Å². The van der Waals surface area contributed by atoms with Crippen LogP contribution in [0.15, 0.2) is 18.2 Å². The number of hydrogen-bond donors (Lipinski definition) is 1. The van der Waals surface area contributed by atoms with Gasteiger partial charge in [0.05, 0.1) is 4.92 Å². The highest BCUT2D eigenvalue weighted by Gasteiger charge is 2.18. The number of hydrogen-bond acceptors (Lipinski definition) is 3. The molecule has 0 spiro atoms. The molecule has 2 rings (SSSR count). The number of rotatable bonds is 5. The van der Waals surface area contributed by atoms with Gasteiger partial charge in [0, 0.05) is 12.6 Å². The standard InChI is InChI=1S/C15H21FN2O2/c1-11-3-2-4-12(7-11)9-17-10-13-5-6-15(18(19)20)14(16)8-13/h5-6,8,11-12,17H,2-4,7,9-10H2,1H3. The summed E-state index contributed by atoms with van der Waals surface area (Å²) in [5.74, 6) is 0.731. The molecule has 1 aliphatic carbocycles. The molecule has 2 unspecified atom stereocenters. The van der Waals surface area contributed by atoms with E-state index in [1.54, 1.807) is 6.07 Å². The first-order valence-corrected chi connectivity index (χ1v) is 7.20. The molecule has 20 heavy (non-hydrogen) atoms. The van der Waals surface area contributed by atoms with Gasteiger partial charge in [-0.3, -0.25) is 10.1 Å². The molecule has 0 amide bonds. The van der Waals surface area contributed by atoms with Crippen LogP contribution in [0.3, 0.4) is 0 Å². The number of nitro groups is 1. The molecule has 1 aliphatic rings. The lowest BCUT2D eigenvalue weighted by molar-refractivity contribution is -0.387. The molecule has 2 atom stereocenters. The molecule has 1 aromatic carbocycles. The second-order valence-corrected chi connectivity index (χ2v) is 5.81. The highest BCUT2D eigenvalue weighted by atomic mass is 19.1. The summed E-state index contributed by atoms with van der Waals surface area (Å²) < 4.78 is 13.5. The third-order valence-corrected chi connectivity index (χ3v) is 4.02. The Hall–Kier alpha value is -1.49. The number of nitrogens with zero attached hydrogens (tertiary/aromatic N) is 1. The van der Waals surface area contributed by atoms with E-state index >= 15 is 0 Å². The molecule has 0 saturated heterocycles. The van der Waals surface area contributed by atoms with E-state index in [4.69, 9.17) is 0 Å². The lowest BCUT2D eigenvalue weighted by Crippen LogP contribution is -2.26. The molecule has 0 aromatic heterocycles. The Labute approximate surface area is 118 Å². The van der Waals surface area contributed by atoms with Crippen LogP contribution in [0.2, 0.25) is 0 Å². The SMILES string of the molecule is CC1CCCC(CNCc2ccc([N+](=O)[O-])c(F)c2)C1. The van der Waals surface area contributed by atoms with E-state index in [1.165, 1.54) is 37.8 Å². The van der Waals surface area contributed by atoms with Crippen molar-refractivity contribution >= 4 is 5.69 Å². The normalized spacial score (nSPS) is 22.7. The van der Waals surface area contributed by atoms with Crippen molar-refractivity contribution in [3.8, 4) is 0 Å². The first-order chi connectivity index (χ1) is 9.56. The predicted octanol–water partition coefficient (Wildman–Crippen LogP) is 3.65. The van der Waals surface area contributed by atoms with Crippen LogP contribution in [0.25, 0.3) is 0 Å². The minimum absolute atomic E-state index is 0.463. The van der Waals surface area contributed by atoms with Crippen molar-refractivity contribution in [1.29, 1.82) is 0 Å². The van der Waals surface area contributed by atoms with Crippen LogP contribution < -0.4 is 5.32 Å². The average molecular weight is 280 g/mol. The minimum atomic E-state index is -0.763. The van der Waals surface area contributed by atoms with Crippen LogP contribution in [0.1, 0.15) is 38.2 Å². The Kier molecular flexibility index (Phi) is 5.06. The lowest BCUT2D eigenvalue weighted by Gasteiger charge is -2.26. The smallest absolute Gasteiger partial charge is 0.304 e. The van der Waals surface area contributed by atoms with Crippen molar-refractivity contribution in [2.75, 3.05) is 6.54 Å². The highest BCUT2D eigenvalue weighted by Crippen LogP contribution is 2.28. The fourth-order valence-corrected chi connectivity index (χ4v) is 2.97. The largest absolute Gasteiger partial charge is 0.312 e. The summed E-state index contributed by atoms with van der Waals surface area (Å²) >= 11 is 0. The van der Waals surface area contributed by atoms with Gasteiger partial charge in [0.15, 0.2) is 0 Å². The maximum Gasteiger partial charge on any atom is 0.304 e. The average Bonchev–Trinajstić information content (AvgIpc) is 2.38. The van der Waals surface area contributed by atoms with Crippen molar-refractivity contribution < 1.29 is 9.31 Å². The third kappa shape index (κ3) is 4.00. The monoisotopic (exact) mass is 280 g/mol. The lowest BCUT2D eigenvalue weighted by atomic mass is 9.82. The minimum Gasteiger partial charge on any atom is -0.312 e. The second kappa shape index (κ2) is 6.79. The fraction of sp³-hybridized carbons (Fsp3) is 0.600. The molecular weight excluding hydrogens is 259 g/mol. The summed E-state index contributed by atoms with van der Waals surface area (Å²) in [4.78, 5) is 9.84. The molecule has 1 N–H and O–H groups in total. The molecule has 0 aliphatic heterocycles. The van der Waals surface area contributed by atoms with Gasteiger partial charge < -0.3 is 5.32 Å². The van der Waals surface area contributed by atoms with Gasteiger partial charge in [-0.05, 0) is 42.9 Å². The van der Waals surface area contributed by atoms with Gasteiger partial charge in [-0.1, -0.05) is 25.8 Å². The molecule has 0 heterocycles. The van der Waals surface area contributed by atoms with Gasteiger partial charge in [0.25, 0.3) is 0 Å². The first kappa shape index (κ1) is 14.9. The van der Waals surface area contributed by atoms with Crippen LogP contribution in [-0.2, 0) is 6.54 Å². The van der Waals surface area contributed by atoms with Gasteiger partial charge >= 0.3 is 5.69 Å². The molecule has 1 aromatic rings. The third-order valence-electron chi connectivity index (χ3n) is 4.02. The number of benzene rings is 1. The van der Waals surface area contributed by atoms with E-state index < -0.39 is 16.4 Å². The summed E-state index contributed by atoms with van der Waals surface area (Å²) in [6, 6.07) is 4.08. The Bertz CT molecular complexity index is 479. The molecule has 1 saturated carbocycles. The fourth-order valence-electron chi connectivity index (χ4n) is 2.97. The van der Waals surface area contributed by atoms with Gasteiger partial charge in [0.1, 0.15) is 0 Å². The van der Waals surface area contributed by atoms with Gasteiger partial charge in [-0.15, -0.1) is 0 Å². The number of nitrogens with one attached hydrogen (secondary N) is 1. The zero-order chi connectivity index (χ0) is 14.5. The molecule has 110 valence electrons. The molecule has 0 radical (unpaired) electrons. The van der Waals surface area contributed by atoms with Crippen molar-refractivity contribution in [3.05, 3.63) is 39.7 Å². The molecule has 5 heteroatoms. The van der Waals surface area contributed by atoms with Crippen LogP contribution in [-0.4, -0.2) is 11.5 Å². The Morgan fingerprint density at radius 3 is 2.90 bits per heavy atom. The first-order valence-electron chi connectivity index (χ1n) is 7.20. The Morgan fingerprint density at radius 2 is 2.25 bits per heavy atom. The topological polar surface area (TPSA) is 55.2 Å². The van der Waals surface area contributed by atoms with Crippen LogP contribution in [0.5, 0.6) is 0 Å². The molecule has 1 fully saturated rings. The van der Waals surface area contributed by atoms with E-state index in [1.807, 2.05) is 0 Å². The van der Waals surface area contributed by atoms with Crippen molar-refractivity contribution in [2.24, 2.45) is 11.8 Å². The zero-order valence-corrected chi connectivity index (χ0v) is 11.8. The number of halogens is 1. The molecular formula is C15H21FN2O2. The van der Waals surface area contributed by atoms with Gasteiger partial charge in [-0.2, -0.15) is 4.39 Å². The Morgan fingerprint density at radius 1 is 1.45 bits per heavy atom. The number of nitro benzene ring substituents is 1. The van der Waals surface area contributed by atoms with E-state index in [2.05, 4.69) is 12.2 Å². The van der Waals surface area contributed by atoms with E-state index in [9.17, 15) is 14.5 Å². The maximum absolute atomic E-state index is 13.5.